The molecule has 1 rings (SSSR count). The van der Waals surface area contributed by atoms with Crippen molar-refractivity contribution in [2.45, 2.75) is 39.2 Å². The average Bonchev–Trinajstić information content (AvgIpc) is 2.28. The molecule has 1 aromatic heterocycles. The molecule has 0 aromatic carbocycles. The summed E-state index contributed by atoms with van der Waals surface area (Å²) in [5.74, 6) is 1.73. The second kappa shape index (κ2) is 7.61. The van der Waals surface area contributed by atoms with E-state index >= 15 is 0 Å². The number of hydrogen-bond donors (Lipinski definition) is 1. The predicted octanol–water partition coefficient (Wildman–Crippen LogP) is 3.03. The number of ether oxygens (including phenoxy) is 1. The topological polar surface area (TPSA) is 47.0 Å². The summed E-state index contributed by atoms with van der Waals surface area (Å²) in [6.07, 6.45) is 2.94. The van der Waals surface area contributed by atoms with Crippen LogP contribution < -0.4 is 5.32 Å². The number of halogens is 1. The number of rotatable bonds is 7. The van der Waals surface area contributed by atoms with E-state index in [-0.39, 0.29) is 6.04 Å². The molecule has 0 amide bonds. The lowest BCUT2D eigenvalue weighted by Gasteiger charge is -2.17. The summed E-state index contributed by atoms with van der Waals surface area (Å²) in [6, 6.07) is 2.19. The number of nitrogens with zero attached hydrogens (tertiary/aromatic N) is 2. The van der Waals surface area contributed by atoms with E-state index in [4.69, 9.17) is 4.74 Å². The van der Waals surface area contributed by atoms with Crippen molar-refractivity contribution in [1.82, 2.24) is 9.97 Å². The molecule has 1 atom stereocenters. The maximum absolute atomic E-state index is 5.16. The van der Waals surface area contributed by atoms with Crippen LogP contribution in [0.25, 0.3) is 0 Å². The molecule has 0 aliphatic carbocycles. The van der Waals surface area contributed by atoms with Crippen molar-refractivity contribution in [2.24, 2.45) is 0 Å². The molecule has 1 heterocycles. The van der Waals surface area contributed by atoms with Crippen molar-refractivity contribution < 1.29 is 4.74 Å². The lowest BCUT2D eigenvalue weighted by atomic mass is 10.2. The van der Waals surface area contributed by atoms with E-state index in [9.17, 15) is 0 Å². The minimum absolute atomic E-state index is 0.288. The molecule has 0 aliphatic rings. The van der Waals surface area contributed by atoms with Gasteiger partial charge in [0.15, 0.2) is 0 Å². The molecule has 4 nitrogen and oxygen atoms in total. The summed E-state index contributed by atoms with van der Waals surface area (Å²) in [6.45, 7) is 4.93. The maximum atomic E-state index is 5.16. The summed E-state index contributed by atoms with van der Waals surface area (Å²) < 4.78 is 5.98. The number of aromatic nitrogens is 2. The van der Waals surface area contributed by atoms with Gasteiger partial charge in [-0.1, -0.05) is 13.8 Å². The van der Waals surface area contributed by atoms with Gasteiger partial charge in [0.05, 0.1) is 12.6 Å². The first-order chi connectivity index (χ1) is 8.19. The van der Waals surface area contributed by atoms with Crippen LogP contribution in [0.4, 0.5) is 5.82 Å². The molecule has 0 fully saturated rings. The van der Waals surface area contributed by atoms with E-state index in [0.29, 0.717) is 6.61 Å². The van der Waals surface area contributed by atoms with Crippen LogP contribution in [0.1, 0.15) is 32.5 Å². The van der Waals surface area contributed by atoms with Crippen LogP contribution in [0, 0.1) is 0 Å². The molecular weight excluding hydrogens is 282 g/mol. The highest BCUT2D eigenvalue weighted by molar-refractivity contribution is 9.10. The van der Waals surface area contributed by atoms with Gasteiger partial charge in [0.1, 0.15) is 16.2 Å². The molecule has 1 N–H and O–H groups in total. The minimum Gasteiger partial charge on any atom is -0.383 e. The molecule has 96 valence electrons. The first-order valence-corrected chi connectivity index (χ1v) is 6.77. The Labute approximate surface area is 111 Å². The minimum atomic E-state index is 0.288. The Morgan fingerprint density at radius 3 is 2.76 bits per heavy atom. The zero-order valence-corrected chi connectivity index (χ0v) is 12.2. The lowest BCUT2D eigenvalue weighted by molar-refractivity contribution is 0.184. The molecule has 1 unspecified atom stereocenters. The average molecular weight is 302 g/mol. The Morgan fingerprint density at radius 1 is 1.41 bits per heavy atom. The van der Waals surface area contributed by atoms with Gasteiger partial charge in [0, 0.05) is 19.6 Å². The third-order valence-electron chi connectivity index (χ3n) is 2.43. The second-order valence-corrected chi connectivity index (χ2v) is 4.76. The normalized spacial score (nSPS) is 12.5. The lowest BCUT2D eigenvalue weighted by Crippen LogP contribution is -2.24. The fourth-order valence-corrected chi connectivity index (χ4v) is 1.97. The molecule has 5 heteroatoms. The zero-order valence-electron chi connectivity index (χ0n) is 10.7. The summed E-state index contributed by atoms with van der Waals surface area (Å²) >= 11 is 3.41. The van der Waals surface area contributed by atoms with Gasteiger partial charge in [-0.25, -0.2) is 9.97 Å². The van der Waals surface area contributed by atoms with Gasteiger partial charge in [-0.2, -0.15) is 0 Å². The van der Waals surface area contributed by atoms with E-state index in [1.165, 1.54) is 0 Å². The van der Waals surface area contributed by atoms with Crippen LogP contribution in [-0.4, -0.2) is 29.7 Å². The van der Waals surface area contributed by atoms with Gasteiger partial charge in [0.25, 0.3) is 0 Å². The Balaban J connectivity index is 2.75. The number of aryl methyl sites for hydroxylation is 1. The summed E-state index contributed by atoms with van der Waals surface area (Å²) in [4.78, 5) is 8.82. The summed E-state index contributed by atoms with van der Waals surface area (Å²) in [7, 11) is 1.71. The van der Waals surface area contributed by atoms with E-state index in [2.05, 4.69) is 45.1 Å². The van der Waals surface area contributed by atoms with Gasteiger partial charge in [0.2, 0.25) is 0 Å². The molecule has 17 heavy (non-hydrogen) atoms. The molecular formula is C12H20BrN3O. The highest BCUT2D eigenvalue weighted by Gasteiger charge is 2.08. The molecule has 0 radical (unpaired) electrons. The highest BCUT2D eigenvalue weighted by atomic mass is 79.9. The van der Waals surface area contributed by atoms with Crippen LogP contribution >= 0.6 is 15.9 Å². The highest BCUT2D eigenvalue weighted by Crippen LogP contribution is 2.14. The van der Waals surface area contributed by atoms with Crippen molar-refractivity contribution in [2.75, 3.05) is 19.0 Å². The fraction of sp³-hybridized carbons (Fsp3) is 0.667. The standard InChI is InChI=1S/C12H20BrN3O/c1-4-6-11-15-10(13)7-12(16-11)14-9(5-2)8-17-3/h7,9H,4-6,8H2,1-3H3,(H,14,15,16). The van der Waals surface area contributed by atoms with E-state index in [1.807, 2.05) is 6.07 Å². The molecule has 0 aliphatic heterocycles. The summed E-state index contributed by atoms with van der Waals surface area (Å²) in [5, 5.41) is 3.36. The monoisotopic (exact) mass is 301 g/mol. The maximum Gasteiger partial charge on any atom is 0.132 e. The van der Waals surface area contributed by atoms with E-state index in [0.717, 1.165) is 35.5 Å². The Kier molecular flexibility index (Phi) is 6.44. The second-order valence-electron chi connectivity index (χ2n) is 3.95. The van der Waals surface area contributed by atoms with Gasteiger partial charge < -0.3 is 10.1 Å². The van der Waals surface area contributed by atoms with Crippen molar-refractivity contribution >= 4 is 21.7 Å². The third kappa shape index (κ3) is 5.00. The Morgan fingerprint density at radius 2 is 2.18 bits per heavy atom. The van der Waals surface area contributed by atoms with Crippen molar-refractivity contribution in [3.05, 3.63) is 16.5 Å². The number of hydrogen-bond acceptors (Lipinski definition) is 4. The molecule has 0 bridgehead atoms. The quantitative estimate of drug-likeness (QED) is 0.787. The van der Waals surface area contributed by atoms with Gasteiger partial charge in [-0.05, 0) is 28.8 Å². The van der Waals surface area contributed by atoms with Crippen LogP contribution in [0.2, 0.25) is 0 Å². The smallest absolute Gasteiger partial charge is 0.132 e. The molecule has 1 aromatic rings. The predicted molar refractivity (Wildman–Crippen MR) is 73.3 cm³/mol. The third-order valence-corrected chi connectivity index (χ3v) is 2.83. The fourth-order valence-electron chi connectivity index (χ4n) is 1.55. The number of methoxy groups -OCH3 is 1. The number of nitrogens with one attached hydrogen (secondary N) is 1. The van der Waals surface area contributed by atoms with Crippen LogP contribution in [0.15, 0.2) is 10.7 Å². The molecule has 0 saturated carbocycles. The number of anilines is 1. The van der Waals surface area contributed by atoms with E-state index in [1.54, 1.807) is 7.11 Å². The first kappa shape index (κ1) is 14.4. The van der Waals surface area contributed by atoms with E-state index < -0.39 is 0 Å². The van der Waals surface area contributed by atoms with Crippen molar-refractivity contribution in [3.8, 4) is 0 Å². The first-order valence-electron chi connectivity index (χ1n) is 5.98. The van der Waals surface area contributed by atoms with Crippen molar-refractivity contribution in [1.29, 1.82) is 0 Å². The molecule has 0 saturated heterocycles. The van der Waals surface area contributed by atoms with Crippen LogP contribution in [-0.2, 0) is 11.2 Å². The van der Waals surface area contributed by atoms with Crippen molar-refractivity contribution in [3.63, 3.8) is 0 Å². The van der Waals surface area contributed by atoms with Crippen LogP contribution in [0.3, 0.4) is 0 Å². The largest absolute Gasteiger partial charge is 0.383 e. The molecule has 0 spiro atoms. The Bertz CT molecular complexity index is 347. The summed E-state index contributed by atoms with van der Waals surface area (Å²) in [5.41, 5.74) is 0. The SMILES string of the molecule is CCCc1nc(Br)cc(NC(CC)COC)n1. The van der Waals surface area contributed by atoms with Gasteiger partial charge >= 0.3 is 0 Å². The van der Waals surface area contributed by atoms with Gasteiger partial charge in [-0.15, -0.1) is 0 Å². The zero-order chi connectivity index (χ0) is 12.7. The van der Waals surface area contributed by atoms with Crippen LogP contribution in [0.5, 0.6) is 0 Å². The van der Waals surface area contributed by atoms with Gasteiger partial charge in [-0.3, -0.25) is 0 Å². The Hall–Kier alpha value is -0.680.